The summed E-state index contributed by atoms with van der Waals surface area (Å²) in [5, 5.41) is 6.23. The normalized spacial score (nSPS) is 12.6. The molecule has 0 bridgehead atoms. The number of aliphatic imine (C=N–C) groups is 1. The van der Waals surface area contributed by atoms with Gasteiger partial charge in [0.25, 0.3) is 0 Å². The topological polar surface area (TPSA) is 36.4 Å². The van der Waals surface area contributed by atoms with E-state index in [1.165, 1.54) is 12.1 Å². The first-order chi connectivity index (χ1) is 9.12. The standard InChI is InChI=1S/C14H20F3N3.HI/c1-13(2,3)20-12(18-4)19-9-10-5-7-11(8-6-10)14(15,16)17;/h5-8H,9H2,1-4H3,(H2,18,19,20);1H. The molecular formula is C14H21F3IN3. The molecule has 0 radical (unpaired) electrons. The number of rotatable bonds is 2. The summed E-state index contributed by atoms with van der Waals surface area (Å²) < 4.78 is 37.3. The second-order valence-corrected chi connectivity index (χ2v) is 5.50. The molecule has 0 aliphatic rings. The van der Waals surface area contributed by atoms with E-state index >= 15 is 0 Å². The molecule has 21 heavy (non-hydrogen) atoms. The lowest BCUT2D eigenvalue weighted by molar-refractivity contribution is -0.137. The molecule has 1 aromatic carbocycles. The van der Waals surface area contributed by atoms with E-state index in [1.54, 1.807) is 7.05 Å². The van der Waals surface area contributed by atoms with E-state index in [0.29, 0.717) is 12.5 Å². The fraction of sp³-hybridized carbons (Fsp3) is 0.500. The Bertz CT molecular complexity index is 462. The van der Waals surface area contributed by atoms with Gasteiger partial charge in [0.05, 0.1) is 5.56 Å². The summed E-state index contributed by atoms with van der Waals surface area (Å²) >= 11 is 0. The van der Waals surface area contributed by atoms with Crippen molar-refractivity contribution >= 4 is 29.9 Å². The van der Waals surface area contributed by atoms with E-state index in [0.717, 1.165) is 17.7 Å². The first-order valence-electron chi connectivity index (χ1n) is 6.27. The van der Waals surface area contributed by atoms with E-state index in [1.807, 2.05) is 20.8 Å². The maximum absolute atomic E-state index is 12.4. The van der Waals surface area contributed by atoms with Gasteiger partial charge in [-0.15, -0.1) is 24.0 Å². The number of hydrogen-bond donors (Lipinski definition) is 2. The van der Waals surface area contributed by atoms with Crippen molar-refractivity contribution < 1.29 is 13.2 Å². The maximum Gasteiger partial charge on any atom is 0.416 e. The van der Waals surface area contributed by atoms with Crippen LogP contribution in [-0.2, 0) is 12.7 Å². The Kier molecular flexibility index (Phi) is 7.49. The maximum atomic E-state index is 12.4. The van der Waals surface area contributed by atoms with E-state index in [4.69, 9.17) is 0 Å². The van der Waals surface area contributed by atoms with Crippen molar-refractivity contribution in [3.8, 4) is 0 Å². The lowest BCUT2D eigenvalue weighted by Gasteiger charge is -2.23. The zero-order valence-electron chi connectivity index (χ0n) is 12.5. The van der Waals surface area contributed by atoms with Crippen molar-refractivity contribution in [2.45, 2.75) is 39.0 Å². The molecule has 0 unspecified atom stereocenters. The van der Waals surface area contributed by atoms with Crippen molar-refractivity contribution in [1.82, 2.24) is 10.6 Å². The fourth-order valence-corrected chi connectivity index (χ4v) is 1.53. The predicted octanol–water partition coefficient (Wildman–Crippen LogP) is 3.79. The van der Waals surface area contributed by atoms with Crippen molar-refractivity contribution in [2.24, 2.45) is 4.99 Å². The molecule has 3 nitrogen and oxygen atoms in total. The molecule has 0 saturated heterocycles. The SMILES string of the molecule is CN=C(NCc1ccc(C(F)(F)F)cc1)NC(C)(C)C.I. The number of benzene rings is 1. The second kappa shape index (κ2) is 7.86. The molecule has 0 atom stereocenters. The van der Waals surface area contributed by atoms with E-state index in [9.17, 15) is 13.2 Å². The van der Waals surface area contributed by atoms with Crippen LogP contribution in [0.1, 0.15) is 31.9 Å². The van der Waals surface area contributed by atoms with Gasteiger partial charge in [-0.3, -0.25) is 4.99 Å². The lowest BCUT2D eigenvalue weighted by atomic mass is 10.1. The van der Waals surface area contributed by atoms with Crippen molar-refractivity contribution in [2.75, 3.05) is 7.05 Å². The quantitative estimate of drug-likeness (QED) is 0.438. The zero-order valence-corrected chi connectivity index (χ0v) is 14.8. The molecule has 1 rings (SSSR count). The van der Waals surface area contributed by atoms with Crippen LogP contribution in [0.15, 0.2) is 29.3 Å². The summed E-state index contributed by atoms with van der Waals surface area (Å²) in [7, 11) is 1.65. The molecule has 0 heterocycles. The highest BCUT2D eigenvalue weighted by Crippen LogP contribution is 2.28. The van der Waals surface area contributed by atoms with Crippen LogP contribution in [0.5, 0.6) is 0 Å². The molecule has 0 aliphatic heterocycles. The molecule has 0 aromatic heterocycles. The third-order valence-corrected chi connectivity index (χ3v) is 2.46. The van der Waals surface area contributed by atoms with Gasteiger partial charge in [0.2, 0.25) is 0 Å². The summed E-state index contributed by atoms with van der Waals surface area (Å²) in [6.45, 7) is 6.40. The summed E-state index contributed by atoms with van der Waals surface area (Å²) in [5.74, 6) is 0.609. The highest BCUT2D eigenvalue weighted by Gasteiger charge is 2.29. The van der Waals surface area contributed by atoms with Crippen LogP contribution < -0.4 is 10.6 Å². The third kappa shape index (κ3) is 7.54. The molecule has 0 fully saturated rings. The Morgan fingerprint density at radius 1 is 1.10 bits per heavy atom. The van der Waals surface area contributed by atoms with E-state index in [-0.39, 0.29) is 29.5 Å². The molecular weight excluding hydrogens is 394 g/mol. The number of halogens is 4. The first kappa shape index (κ1) is 20.0. The third-order valence-electron chi connectivity index (χ3n) is 2.46. The van der Waals surface area contributed by atoms with Gasteiger partial charge in [0, 0.05) is 19.1 Å². The minimum atomic E-state index is -4.30. The summed E-state index contributed by atoms with van der Waals surface area (Å²) in [4.78, 5) is 4.06. The van der Waals surface area contributed by atoms with Crippen molar-refractivity contribution in [1.29, 1.82) is 0 Å². The van der Waals surface area contributed by atoms with Crippen LogP contribution >= 0.6 is 24.0 Å². The minimum absolute atomic E-state index is 0. The Morgan fingerprint density at radius 2 is 1.62 bits per heavy atom. The minimum Gasteiger partial charge on any atom is -0.352 e. The highest BCUT2D eigenvalue weighted by atomic mass is 127. The average Bonchev–Trinajstić information content (AvgIpc) is 2.32. The monoisotopic (exact) mass is 415 g/mol. The van der Waals surface area contributed by atoms with Crippen molar-refractivity contribution in [3.05, 3.63) is 35.4 Å². The molecule has 0 spiro atoms. The van der Waals surface area contributed by atoms with Crippen LogP contribution in [0.2, 0.25) is 0 Å². The second-order valence-electron chi connectivity index (χ2n) is 5.50. The van der Waals surface area contributed by atoms with Gasteiger partial charge in [-0.25, -0.2) is 0 Å². The van der Waals surface area contributed by atoms with Gasteiger partial charge in [-0.05, 0) is 38.5 Å². The summed E-state index contributed by atoms with van der Waals surface area (Å²) in [6, 6.07) is 5.08. The van der Waals surface area contributed by atoms with Gasteiger partial charge in [-0.1, -0.05) is 12.1 Å². The van der Waals surface area contributed by atoms with Gasteiger partial charge in [0.15, 0.2) is 5.96 Å². The molecule has 7 heteroatoms. The molecule has 0 aliphatic carbocycles. The molecule has 2 N–H and O–H groups in total. The van der Waals surface area contributed by atoms with Gasteiger partial charge in [0.1, 0.15) is 0 Å². The van der Waals surface area contributed by atoms with Gasteiger partial charge >= 0.3 is 6.18 Å². The smallest absolute Gasteiger partial charge is 0.352 e. The summed E-state index contributed by atoms with van der Waals surface area (Å²) in [6.07, 6.45) is -4.30. The fourth-order valence-electron chi connectivity index (χ4n) is 1.53. The number of hydrogen-bond acceptors (Lipinski definition) is 1. The number of nitrogens with zero attached hydrogens (tertiary/aromatic N) is 1. The van der Waals surface area contributed by atoms with Gasteiger partial charge < -0.3 is 10.6 Å². The Labute approximate surface area is 140 Å². The molecule has 0 saturated carbocycles. The van der Waals surface area contributed by atoms with Gasteiger partial charge in [-0.2, -0.15) is 13.2 Å². The zero-order chi connectivity index (χ0) is 15.4. The highest BCUT2D eigenvalue weighted by molar-refractivity contribution is 14.0. The van der Waals surface area contributed by atoms with Crippen LogP contribution in [-0.4, -0.2) is 18.5 Å². The Morgan fingerprint density at radius 3 is 2.00 bits per heavy atom. The molecule has 120 valence electrons. The molecule has 1 aromatic rings. The van der Waals surface area contributed by atoms with Crippen LogP contribution in [0.3, 0.4) is 0 Å². The van der Waals surface area contributed by atoms with Crippen LogP contribution in [0.25, 0.3) is 0 Å². The Hall–Kier alpha value is -0.990. The largest absolute Gasteiger partial charge is 0.416 e. The average molecular weight is 415 g/mol. The molecule has 0 amide bonds. The number of guanidine groups is 1. The Balaban J connectivity index is 0.00000400. The van der Waals surface area contributed by atoms with Crippen LogP contribution in [0, 0.1) is 0 Å². The van der Waals surface area contributed by atoms with E-state index < -0.39 is 11.7 Å². The first-order valence-corrected chi connectivity index (χ1v) is 6.27. The summed E-state index contributed by atoms with van der Waals surface area (Å²) in [5.41, 5.74) is -0.0181. The van der Waals surface area contributed by atoms with Crippen LogP contribution in [0.4, 0.5) is 13.2 Å². The number of alkyl halides is 3. The number of nitrogens with one attached hydrogen (secondary N) is 2. The van der Waals surface area contributed by atoms with Crippen molar-refractivity contribution in [3.63, 3.8) is 0 Å². The predicted molar refractivity (Wildman–Crippen MR) is 89.9 cm³/mol. The lowest BCUT2D eigenvalue weighted by Crippen LogP contribution is -2.47. The van der Waals surface area contributed by atoms with E-state index in [2.05, 4.69) is 15.6 Å².